The maximum atomic E-state index is 12.0. The van der Waals surface area contributed by atoms with E-state index in [4.69, 9.17) is 0 Å². The predicted molar refractivity (Wildman–Crippen MR) is 56.9 cm³/mol. The van der Waals surface area contributed by atoms with E-state index in [1.165, 1.54) is 12.1 Å². The number of fused-ring (bicyclic) bond motifs is 1. The van der Waals surface area contributed by atoms with Crippen molar-refractivity contribution in [2.45, 2.75) is 11.8 Å². The van der Waals surface area contributed by atoms with E-state index in [9.17, 15) is 18.0 Å². The van der Waals surface area contributed by atoms with E-state index in [1.807, 2.05) is 0 Å². The van der Waals surface area contributed by atoms with Gasteiger partial charge in [-0.05, 0) is 18.6 Å². The SMILES string of the molecule is COC(=O)N1C(=O)c2c(C)cccc2S1(=O)=O. The molecule has 0 aromatic heterocycles. The van der Waals surface area contributed by atoms with Gasteiger partial charge in [0.25, 0.3) is 15.9 Å². The largest absolute Gasteiger partial charge is 0.452 e. The van der Waals surface area contributed by atoms with Gasteiger partial charge in [-0.2, -0.15) is 0 Å². The molecule has 7 heteroatoms. The van der Waals surface area contributed by atoms with Crippen molar-refractivity contribution in [1.82, 2.24) is 4.31 Å². The lowest BCUT2D eigenvalue weighted by Gasteiger charge is -2.10. The van der Waals surface area contributed by atoms with Gasteiger partial charge in [-0.25, -0.2) is 13.2 Å². The number of rotatable bonds is 0. The molecule has 1 aliphatic heterocycles. The van der Waals surface area contributed by atoms with Crippen LogP contribution in [0.5, 0.6) is 0 Å². The second-order valence-corrected chi connectivity index (χ2v) is 5.25. The van der Waals surface area contributed by atoms with E-state index < -0.39 is 22.0 Å². The van der Waals surface area contributed by atoms with Crippen LogP contribution in [0.4, 0.5) is 4.79 Å². The number of carbonyl (C=O) groups excluding carboxylic acids is 2. The summed E-state index contributed by atoms with van der Waals surface area (Å²) in [4.78, 5) is 23.0. The molecule has 0 bridgehead atoms. The van der Waals surface area contributed by atoms with Crippen LogP contribution in [0.1, 0.15) is 15.9 Å². The second-order valence-electron chi connectivity index (χ2n) is 3.49. The minimum atomic E-state index is -4.12. The molecule has 1 aliphatic rings. The van der Waals surface area contributed by atoms with Gasteiger partial charge in [0.15, 0.2) is 0 Å². The molecule has 1 heterocycles. The fourth-order valence-corrected chi connectivity index (χ4v) is 3.24. The first-order chi connectivity index (χ1) is 7.91. The van der Waals surface area contributed by atoms with Crippen molar-refractivity contribution in [2.75, 3.05) is 7.11 Å². The first-order valence-electron chi connectivity index (χ1n) is 4.68. The Labute approximate surface area is 97.8 Å². The number of hydrogen-bond donors (Lipinski definition) is 0. The molecule has 0 saturated carbocycles. The van der Waals surface area contributed by atoms with Crippen LogP contribution in [0.15, 0.2) is 23.1 Å². The monoisotopic (exact) mass is 255 g/mol. The van der Waals surface area contributed by atoms with Crippen LogP contribution >= 0.6 is 0 Å². The molecule has 6 nitrogen and oxygen atoms in total. The molecule has 0 saturated heterocycles. The van der Waals surface area contributed by atoms with Crippen LogP contribution in [0.25, 0.3) is 0 Å². The van der Waals surface area contributed by atoms with Crippen molar-refractivity contribution >= 4 is 22.0 Å². The van der Waals surface area contributed by atoms with Crippen LogP contribution in [0.3, 0.4) is 0 Å². The number of imide groups is 1. The number of hydrogen-bond acceptors (Lipinski definition) is 5. The van der Waals surface area contributed by atoms with Crippen molar-refractivity contribution < 1.29 is 22.7 Å². The van der Waals surface area contributed by atoms with Crippen LogP contribution < -0.4 is 0 Å². The summed E-state index contributed by atoms with van der Waals surface area (Å²) in [6.45, 7) is 1.60. The van der Waals surface area contributed by atoms with E-state index in [2.05, 4.69) is 4.74 Å². The molecule has 0 unspecified atom stereocenters. The molecule has 1 aromatic rings. The number of amides is 2. The minimum absolute atomic E-state index is 0.0258. The fourth-order valence-electron chi connectivity index (χ4n) is 1.70. The number of nitrogens with zero attached hydrogens (tertiary/aromatic N) is 1. The Kier molecular flexibility index (Phi) is 2.43. The minimum Gasteiger partial charge on any atom is -0.452 e. The molecule has 0 fully saturated rings. The first-order valence-corrected chi connectivity index (χ1v) is 6.12. The summed E-state index contributed by atoms with van der Waals surface area (Å²) in [6.07, 6.45) is -1.20. The number of ether oxygens (including phenoxy) is 1. The smallest absolute Gasteiger partial charge is 0.431 e. The average Bonchev–Trinajstić information content (AvgIpc) is 2.47. The van der Waals surface area contributed by atoms with E-state index >= 15 is 0 Å². The lowest BCUT2D eigenvalue weighted by atomic mass is 10.1. The Bertz CT molecular complexity index is 620. The molecule has 0 radical (unpaired) electrons. The van der Waals surface area contributed by atoms with Crippen molar-refractivity contribution in [3.8, 4) is 0 Å². The van der Waals surface area contributed by atoms with Crippen molar-refractivity contribution in [3.63, 3.8) is 0 Å². The number of carbonyl (C=O) groups is 2. The molecule has 0 N–H and O–H groups in total. The molecule has 2 amide bonds. The summed E-state index contributed by atoms with van der Waals surface area (Å²) in [5.41, 5.74) is 0.528. The molecular weight excluding hydrogens is 246 g/mol. The molecule has 0 atom stereocenters. The summed E-state index contributed by atoms with van der Waals surface area (Å²) < 4.78 is 28.3. The number of benzene rings is 1. The summed E-state index contributed by atoms with van der Waals surface area (Å²) in [5, 5.41) is 0. The quantitative estimate of drug-likeness (QED) is 0.688. The molecule has 0 aliphatic carbocycles. The molecular formula is C10H9NO5S. The zero-order chi connectivity index (χ0) is 12.8. The Hall–Kier alpha value is -1.89. The maximum absolute atomic E-state index is 12.0. The van der Waals surface area contributed by atoms with Crippen LogP contribution in [-0.2, 0) is 14.8 Å². The molecule has 90 valence electrons. The van der Waals surface area contributed by atoms with Gasteiger partial charge in [0.1, 0.15) is 4.90 Å². The Balaban J connectivity index is 2.73. The molecule has 0 spiro atoms. The summed E-state index contributed by atoms with van der Waals surface area (Å²) in [6, 6.07) is 4.41. The molecule has 2 rings (SSSR count). The number of sulfonamides is 1. The Morgan fingerprint density at radius 1 is 1.35 bits per heavy atom. The highest BCUT2D eigenvalue weighted by Gasteiger charge is 2.46. The third-order valence-electron chi connectivity index (χ3n) is 2.49. The Morgan fingerprint density at radius 2 is 2.00 bits per heavy atom. The van der Waals surface area contributed by atoms with E-state index in [0.717, 1.165) is 7.11 Å². The highest BCUT2D eigenvalue weighted by Crippen LogP contribution is 2.32. The van der Waals surface area contributed by atoms with E-state index in [1.54, 1.807) is 13.0 Å². The zero-order valence-corrected chi connectivity index (χ0v) is 9.95. The van der Waals surface area contributed by atoms with Gasteiger partial charge < -0.3 is 4.74 Å². The number of methoxy groups -OCH3 is 1. The second kappa shape index (κ2) is 3.56. The van der Waals surface area contributed by atoms with Crippen LogP contribution in [-0.4, -0.2) is 31.8 Å². The fraction of sp³-hybridized carbons (Fsp3) is 0.200. The van der Waals surface area contributed by atoms with Crippen LogP contribution in [0.2, 0.25) is 0 Å². The lowest BCUT2D eigenvalue weighted by molar-refractivity contribution is 0.0838. The van der Waals surface area contributed by atoms with E-state index in [0.29, 0.717) is 5.56 Å². The summed E-state index contributed by atoms with van der Waals surface area (Å²) >= 11 is 0. The third kappa shape index (κ3) is 1.42. The van der Waals surface area contributed by atoms with Crippen molar-refractivity contribution in [2.24, 2.45) is 0 Å². The molecule has 1 aromatic carbocycles. The van der Waals surface area contributed by atoms with Crippen molar-refractivity contribution in [1.29, 1.82) is 0 Å². The maximum Gasteiger partial charge on any atom is 0.431 e. The van der Waals surface area contributed by atoms with Gasteiger partial charge in [0.2, 0.25) is 0 Å². The van der Waals surface area contributed by atoms with Gasteiger partial charge in [-0.3, -0.25) is 4.79 Å². The number of aryl methyl sites for hydroxylation is 1. The first kappa shape index (κ1) is 11.6. The van der Waals surface area contributed by atoms with Gasteiger partial charge in [-0.1, -0.05) is 12.1 Å². The van der Waals surface area contributed by atoms with Gasteiger partial charge >= 0.3 is 6.09 Å². The highest BCUT2D eigenvalue weighted by atomic mass is 32.2. The predicted octanol–water partition coefficient (Wildman–Crippen LogP) is 0.906. The van der Waals surface area contributed by atoms with E-state index in [-0.39, 0.29) is 14.8 Å². The summed E-state index contributed by atoms with van der Waals surface area (Å²) in [7, 11) is -3.11. The average molecular weight is 255 g/mol. The zero-order valence-electron chi connectivity index (χ0n) is 9.13. The Morgan fingerprint density at radius 3 is 2.53 bits per heavy atom. The molecule has 17 heavy (non-hydrogen) atoms. The highest BCUT2D eigenvalue weighted by molar-refractivity contribution is 7.90. The lowest BCUT2D eigenvalue weighted by Crippen LogP contribution is -2.36. The normalized spacial score (nSPS) is 16.8. The van der Waals surface area contributed by atoms with Gasteiger partial charge in [0, 0.05) is 0 Å². The van der Waals surface area contributed by atoms with Crippen LogP contribution in [0, 0.1) is 6.92 Å². The standard InChI is InChI=1S/C10H9NO5S/c1-6-4-3-5-7-8(6)9(12)11(10(13)16-2)17(7,14)15/h3-5H,1-2H3. The third-order valence-corrected chi connectivity index (χ3v) is 4.18. The van der Waals surface area contributed by atoms with Crippen molar-refractivity contribution in [3.05, 3.63) is 29.3 Å². The summed E-state index contributed by atoms with van der Waals surface area (Å²) in [5.74, 6) is -0.870. The topological polar surface area (TPSA) is 80.8 Å². The van der Waals surface area contributed by atoms with Gasteiger partial charge in [0.05, 0.1) is 12.7 Å². The van der Waals surface area contributed by atoms with Gasteiger partial charge in [-0.15, -0.1) is 4.31 Å².